The normalized spacial score (nSPS) is 10.6. The van der Waals surface area contributed by atoms with Crippen molar-refractivity contribution in [2.45, 2.75) is 0 Å². The van der Waals surface area contributed by atoms with Crippen molar-refractivity contribution in [3.8, 4) is 40.2 Å². The van der Waals surface area contributed by atoms with Crippen LogP contribution in [0.15, 0.2) is 65.5 Å². The lowest BCUT2D eigenvalue weighted by molar-refractivity contribution is 0.413. The first kappa shape index (κ1) is 16.5. The fourth-order valence-electron chi connectivity index (χ4n) is 2.41. The smallest absolute Gasteiger partial charge is 0.252 e. The minimum atomic E-state index is 0.256. The molecule has 27 heavy (non-hydrogen) atoms. The van der Waals surface area contributed by atoms with Gasteiger partial charge in [-0.3, -0.25) is 4.98 Å². The largest absolute Gasteiger partial charge is 0.497 e. The quantitative estimate of drug-likeness (QED) is 0.574. The molecule has 0 radical (unpaired) electrons. The molecular formula is C19H15N5O3. The average Bonchev–Trinajstić information content (AvgIpc) is 3.21. The number of methoxy groups -OCH3 is 1. The van der Waals surface area contributed by atoms with E-state index in [1.54, 1.807) is 62.0 Å². The van der Waals surface area contributed by atoms with Gasteiger partial charge < -0.3 is 19.6 Å². The average molecular weight is 361 g/mol. The Kier molecular flexibility index (Phi) is 4.36. The topological polar surface area (TPSA) is 109 Å². The Hall–Kier alpha value is -3.94. The number of ether oxygens (including phenoxy) is 2. The molecule has 0 atom stereocenters. The number of nitrogens with two attached hydrogens (primary N) is 1. The Balaban J connectivity index is 1.62. The molecule has 0 aliphatic rings. The predicted octanol–water partition coefficient (Wildman–Crippen LogP) is 3.58. The van der Waals surface area contributed by atoms with E-state index in [4.69, 9.17) is 19.6 Å². The van der Waals surface area contributed by atoms with E-state index in [-0.39, 0.29) is 11.7 Å². The molecule has 0 saturated carbocycles. The molecule has 0 aliphatic heterocycles. The van der Waals surface area contributed by atoms with Gasteiger partial charge in [-0.1, -0.05) is 0 Å². The number of nitrogen functional groups attached to an aromatic ring is 1. The molecule has 0 amide bonds. The summed E-state index contributed by atoms with van der Waals surface area (Å²) in [6.07, 6.45) is 4.83. The predicted molar refractivity (Wildman–Crippen MR) is 98.2 cm³/mol. The van der Waals surface area contributed by atoms with Crippen LogP contribution in [0.5, 0.6) is 17.2 Å². The maximum atomic E-state index is 5.98. The summed E-state index contributed by atoms with van der Waals surface area (Å²) in [5.74, 6) is 2.76. The van der Waals surface area contributed by atoms with Crippen LogP contribution in [0.25, 0.3) is 22.9 Å². The van der Waals surface area contributed by atoms with Crippen molar-refractivity contribution >= 4 is 5.82 Å². The van der Waals surface area contributed by atoms with Crippen LogP contribution in [0.1, 0.15) is 0 Å². The lowest BCUT2D eigenvalue weighted by Crippen LogP contribution is -1.96. The molecule has 0 aliphatic carbocycles. The number of hydrogen-bond donors (Lipinski definition) is 1. The molecule has 4 aromatic rings. The van der Waals surface area contributed by atoms with E-state index in [0.717, 1.165) is 11.3 Å². The molecule has 0 bridgehead atoms. The van der Waals surface area contributed by atoms with Crippen LogP contribution < -0.4 is 15.2 Å². The number of rotatable bonds is 5. The molecule has 8 nitrogen and oxygen atoms in total. The lowest BCUT2D eigenvalue weighted by atomic mass is 10.2. The van der Waals surface area contributed by atoms with E-state index in [0.29, 0.717) is 23.0 Å². The van der Waals surface area contributed by atoms with E-state index in [9.17, 15) is 0 Å². The molecule has 2 N–H and O–H groups in total. The van der Waals surface area contributed by atoms with E-state index < -0.39 is 0 Å². The first-order chi connectivity index (χ1) is 13.2. The summed E-state index contributed by atoms with van der Waals surface area (Å²) in [6.45, 7) is 0. The van der Waals surface area contributed by atoms with E-state index in [1.807, 2.05) is 0 Å². The third-order valence-corrected chi connectivity index (χ3v) is 3.77. The zero-order valence-corrected chi connectivity index (χ0v) is 14.4. The highest BCUT2D eigenvalue weighted by Gasteiger charge is 2.15. The highest BCUT2D eigenvalue weighted by Crippen LogP contribution is 2.31. The van der Waals surface area contributed by atoms with Gasteiger partial charge in [0.05, 0.1) is 18.9 Å². The van der Waals surface area contributed by atoms with Crippen LogP contribution in [-0.4, -0.2) is 27.3 Å². The number of benzene rings is 1. The molecule has 134 valence electrons. The van der Waals surface area contributed by atoms with Gasteiger partial charge in [0, 0.05) is 18.0 Å². The van der Waals surface area contributed by atoms with Crippen molar-refractivity contribution in [3.05, 3.63) is 61.1 Å². The lowest BCUT2D eigenvalue weighted by Gasteiger charge is -2.08. The van der Waals surface area contributed by atoms with Crippen molar-refractivity contribution in [2.24, 2.45) is 0 Å². The van der Waals surface area contributed by atoms with Crippen LogP contribution in [-0.2, 0) is 0 Å². The van der Waals surface area contributed by atoms with Gasteiger partial charge in [0.2, 0.25) is 5.89 Å². The highest BCUT2D eigenvalue weighted by molar-refractivity contribution is 5.69. The summed E-state index contributed by atoms with van der Waals surface area (Å²) in [7, 11) is 1.61. The molecule has 3 aromatic heterocycles. The Labute approximate surface area is 154 Å². The Morgan fingerprint density at radius 3 is 2.33 bits per heavy atom. The molecule has 0 saturated heterocycles. The third-order valence-electron chi connectivity index (χ3n) is 3.77. The second-order valence-corrected chi connectivity index (χ2v) is 5.53. The Bertz CT molecular complexity index is 1050. The van der Waals surface area contributed by atoms with Crippen LogP contribution in [0.3, 0.4) is 0 Å². The van der Waals surface area contributed by atoms with Gasteiger partial charge in [-0.2, -0.15) is 0 Å². The summed E-state index contributed by atoms with van der Waals surface area (Å²) >= 11 is 0. The zero-order valence-electron chi connectivity index (χ0n) is 14.4. The summed E-state index contributed by atoms with van der Waals surface area (Å²) in [6, 6.07) is 12.5. The summed E-state index contributed by atoms with van der Waals surface area (Å²) < 4.78 is 16.7. The zero-order chi connectivity index (χ0) is 18.6. The molecular weight excluding hydrogens is 346 g/mol. The molecule has 8 heteroatoms. The maximum Gasteiger partial charge on any atom is 0.252 e. The minimum absolute atomic E-state index is 0.256. The van der Waals surface area contributed by atoms with Gasteiger partial charge in [0.1, 0.15) is 23.1 Å². The maximum absolute atomic E-state index is 5.98. The molecule has 1 aromatic carbocycles. The first-order valence-electron chi connectivity index (χ1n) is 8.04. The van der Waals surface area contributed by atoms with Crippen molar-refractivity contribution in [3.63, 3.8) is 0 Å². The van der Waals surface area contributed by atoms with Crippen LogP contribution in [0, 0.1) is 0 Å². The Morgan fingerprint density at radius 2 is 1.59 bits per heavy atom. The van der Waals surface area contributed by atoms with Crippen LogP contribution >= 0.6 is 0 Å². The van der Waals surface area contributed by atoms with Gasteiger partial charge in [0.15, 0.2) is 0 Å². The van der Waals surface area contributed by atoms with Gasteiger partial charge in [-0.25, -0.2) is 4.98 Å². The summed E-state index contributed by atoms with van der Waals surface area (Å²) in [4.78, 5) is 8.13. The third kappa shape index (κ3) is 3.54. The number of anilines is 1. The molecule has 3 heterocycles. The second-order valence-electron chi connectivity index (χ2n) is 5.53. The van der Waals surface area contributed by atoms with Gasteiger partial charge in [-0.05, 0) is 42.5 Å². The molecule has 0 unspecified atom stereocenters. The van der Waals surface area contributed by atoms with E-state index in [1.165, 1.54) is 6.20 Å². The highest BCUT2D eigenvalue weighted by atomic mass is 16.5. The number of pyridine rings is 2. The second kappa shape index (κ2) is 7.12. The fraction of sp³-hybridized carbons (Fsp3) is 0.0526. The number of aromatic nitrogens is 4. The number of hydrogen-bond acceptors (Lipinski definition) is 8. The van der Waals surface area contributed by atoms with Crippen molar-refractivity contribution < 1.29 is 13.9 Å². The Morgan fingerprint density at radius 1 is 0.889 bits per heavy atom. The van der Waals surface area contributed by atoms with E-state index in [2.05, 4.69) is 20.2 Å². The standard InChI is InChI=1S/C19H15N5O3/c1-25-13-2-4-14(5-3-13)26-15-10-16(17(20)22-11-15)19-24-23-18(27-19)12-6-8-21-9-7-12/h2-11H,1H3,(H2,20,22). The fourth-order valence-corrected chi connectivity index (χ4v) is 2.41. The molecule has 0 spiro atoms. The SMILES string of the molecule is COc1ccc(Oc2cnc(N)c(-c3nnc(-c4ccncc4)o3)c2)cc1. The molecule has 4 rings (SSSR count). The minimum Gasteiger partial charge on any atom is -0.497 e. The van der Waals surface area contributed by atoms with Crippen LogP contribution in [0.2, 0.25) is 0 Å². The van der Waals surface area contributed by atoms with Crippen LogP contribution in [0.4, 0.5) is 5.82 Å². The van der Waals surface area contributed by atoms with Crippen molar-refractivity contribution in [1.82, 2.24) is 20.2 Å². The molecule has 0 fully saturated rings. The van der Waals surface area contributed by atoms with Crippen molar-refractivity contribution in [2.75, 3.05) is 12.8 Å². The summed E-state index contributed by atoms with van der Waals surface area (Å²) in [5, 5.41) is 8.12. The number of nitrogens with zero attached hydrogens (tertiary/aromatic N) is 4. The van der Waals surface area contributed by atoms with Gasteiger partial charge in [0.25, 0.3) is 5.89 Å². The first-order valence-corrected chi connectivity index (χ1v) is 8.04. The van der Waals surface area contributed by atoms with Gasteiger partial charge in [-0.15, -0.1) is 10.2 Å². The van der Waals surface area contributed by atoms with Crippen molar-refractivity contribution in [1.29, 1.82) is 0 Å². The summed E-state index contributed by atoms with van der Waals surface area (Å²) in [5.41, 5.74) is 7.24. The monoisotopic (exact) mass is 361 g/mol. The van der Waals surface area contributed by atoms with E-state index >= 15 is 0 Å². The van der Waals surface area contributed by atoms with Gasteiger partial charge >= 0.3 is 0 Å².